The fourth-order valence-corrected chi connectivity index (χ4v) is 1.96. The van der Waals surface area contributed by atoms with Crippen LogP contribution < -0.4 is 0 Å². The third-order valence-corrected chi connectivity index (χ3v) is 2.50. The normalized spacial score (nSPS) is 30.1. The van der Waals surface area contributed by atoms with Crippen LogP contribution in [0.4, 0.5) is 0 Å². The van der Waals surface area contributed by atoms with E-state index in [9.17, 15) is 4.79 Å². The van der Waals surface area contributed by atoms with Crippen molar-refractivity contribution >= 4 is 5.97 Å². The van der Waals surface area contributed by atoms with Gasteiger partial charge in [-0.1, -0.05) is 0 Å². The van der Waals surface area contributed by atoms with Gasteiger partial charge in [-0.05, 0) is 27.2 Å². The maximum atomic E-state index is 11.2. The molecule has 1 rings (SSSR count). The number of methoxy groups -OCH3 is 1. The number of hydrogen-bond acceptors (Lipinski definition) is 3. The first-order valence-corrected chi connectivity index (χ1v) is 4.43. The van der Waals surface area contributed by atoms with E-state index in [-0.39, 0.29) is 12.0 Å². The van der Waals surface area contributed by atoms with Crippen LogP contribution in [0.2, 0.25) is 0 Å². The molecule has 1 aliphatic heterocycles. The predicted molar refractivity (Wildman–Crippen MR) is 46.9 cm³/mol. The highest BCUT2D eigenvalue weighted by Gasteiger charge is 2.42. The molecule has 0 spiro atoms. The van der Waals surface area contributed by atoms with Crippen LogP contribution in [-0.2, 0) is 9.53 Å². The number of ether oxygens (including phenoxy) is 1. The first-order chi connectivity index (χ1) is 5.57. The van der Waals surface area contributed by atoms with E-state index in [0.717, 1.165) is 6.42 Å². The second-order valence-corrected chi connectivity index (χ2v) is 3.66. The molecule has 0 saturated carbocycles. The van der Waals surface area contributed by atoms with E-state index in [0.29, 0.717) is 12.1 Å². The highest BCUT2D eigenvalue weighted by Crippen LogP contribution is 2.28. The second kappa shape index (κ2) is 3.44. The third-order valence-electron chi connectivity index (χ3n) is 2.50. The molecule has 2 atom stereocenters. The summed E-state index contributed by atoms with van der Waals surface area (Å²) in [5.41, 5.74) is 0. The summed E-state index contributed by atoms with van der Waals surface area (Å²) in [5.74, 6) is -0.0956. The van der Waals surface area contributed by atoms with Crippen molar-refractivity contribution in [1.29, 1.82) is 0 Å². The Morgan fingerprint density at radius 2 is 2.17 bits per heavy atom. The highest BCUT2D eigenvalue weighted by molar-refractivity contribution is 5.77. The molecule has 0 aliphatic carbocycles. The fraction of sp³-hybridized carbons (Fsp3) is 0.889. The third kappa shape index (κ3) is 1.46. The van der Waals surface area contributed by atoms with E-state index in [1.165, 1.54) is 7.11 Å². The van der Waals surface area contributed by atoms with E-state index in [4.69, 9.17) is 4.74 Å². The van der Waals surface area contributed by atoms with Crippen LogP contribution >= 0.6 is 0 Å². The summed E-state index contributed by atoms with van der Waals surface area (Å²) in [4.78, 5) is 13.4. The van der Waals surface area contributed by atoms with Gasteiger partial charge in [-0.15, -0.1) is 0 Å². The first-order valence-electron chi connectivity index (χ1n) is 4.43. The summed E-state index contributed by atoms with van der Waals surface area (Å²) >= 11 is 0. The van der Waals surface area contributed by atoms with Gasteiger partial charge in [0.05, 0.1) is 7.11 Å². The number of rotatable bonds is 2. The van der Waals surface area contributed by atoms with Crippen molar-refractivity contribution in [3.05, 3.63) is 0 Å². The van der Waals surface area contributed by atoms with Crippen LogP contribution in [0.3, 0.4) is 0 Å². The molecule has 3 nitrogen and oxygen atoms in total. The Morgan fingerprint density at radius 1 is 1.58 bits per heavy atom. The van der Waals surface area contributed by atoms with Crippen molar-refractivity contribution in [1.82, 2.24) is 4.90 Å². The highest BCUT2D eigenvalue weighted by atomic mass is 16.5. The Balaban J connectivity index is 2.54. The predicted octanol–water partition coefficient (Wildman–Crippen LogP) is 1.03. The molecule has 0 bridgehead atoms. The van der Waals surface area contributed by atoms with Crippen molar-refractivity contribution in [2.45, 2.75) is 45.3 Å². The molecular formula is C9H17NO2. The van der Waals surface area contributed by atoms with E-state index >= 15 is 0 Å². The van der Waals surface area contributed by atoms with Gasteiger partial charge in [0.25, 0.3) is 0 Å². The fourth-order valence-electron chi connectivity index (χ4n) is 1.96. The van der Waals surface area contributed by atoms with Crippen LogP contribution in [0.1, 0.15) is 27.2 Å². The van der Waals surface area contributed by atoms with Gasteiger partial charge in [0.15, 0.2) is 0 Å². The van der Waals surface area contributed by atoms with E-state index < -0.39 is 0 Å². The van der Waals surface area contributed by atoms with E-state index in [1.807, 2.05) is 0 Å². The number of carbonyl (C=O) groups excluding carboxylic acids is 1. The number of esters is 1. The summed E-state index contributed by atoms with van der Waals surface area (Å²) in [6, 6.07) is 0.956. The summed E-state index contributed by atoms with van der Waals surface area (Å²) in [6.07, 6.45) is 0.935. The lowest BCUT2D eigenvalue weighted by Crippen LogP contribution is -2.61. The van der Waals surface area contributed by atoms with Gasteiger partial charge in [-0.25, -0.2) is 0 Å². The lowest BCUT2D eigenvalue weighted by molar-refractivity contribution is -0.157. The van der Waals surface area contributed by atoms with Crippen LogP contribution in [0.25, 0.3) is 0 Å². The minimum Gasteiger partial charge on any atom is -0.468 e. The molecule has 0 aromatic rings. The van der Waals surface area contributed by atoms with E-state index in [2.05, 4.69) is 25.7 Å². The van der Waals surface area contributed by atoms with Gasteiger partial charge in [0, 0.05) is 12.1 Å². The van der Waals surface area contributed by atoms with Gasteiger partial charge in [-0.2, -0.15) is 0 Å². The summed E-state index contributed by atoms with van der Waals surface area (Å²) in [5, 5.41) is 0. The van der Waals surface area contributed by atoms with Crippen LogP contribution in [-0.4, -0.2) is 36.1 Å². The molecule has 0 amide bonds. The Hall–Kier alpha value is -0.570. The minimum atomic E-state index is -0.0956. The standard InChI is InChI=1S/C9H17NO2/c1-6(2)10-7(3)5-8(10)9(11)12-4/h6-8H,5H2,1-4H3/t7-,8-/m1/s1. The van der Waals surface area contributed by atoms with Crippen molar-refractivity contribution in [2.24, 2.45) is 0 Å². The minimum absolute atomic E-state index is 0.00463. The molecule has 70 valence electrons. The van der Waals surface area contributed by atoms with Gasteiger partial charge in [0.2, 0.25) is 0 Å². The zero-order valence-electron chi connectivity index (χ0n) is 8.20. The Morgan fingerprint density at radius 3 is 2.50 bits per heavy atom. The molecule has 1 heterocycles. The zero-order chi connectivity index (χ0) is 9.30. The van der Waals surface area contributed by atoms with Crippen molar-refractivity contribution in [3.8, 4) is 0 Å². The van der Waals surface area contributed by atoms with Crippen molar-refractivity contribution in [3.63, 3.8) is 0 Å². The molecule has 0 aromatic carbocycles. The van der Waals surface area contributed by atoms with Crippen LogP contribution in [0.5, 0.6) is 0 Å². The lowest BCUT2D eigenvalue weighted by atomic mass is 9.92. The number of nitrogens with zero attached hydrogens (tertiary/aromatic N) is 1. The maximum Gasteiger partial charge on any atom is 0.323 e. The van der Waals surface area contributed by atoms with Crippen LogP contribution in [0, 0.1) is 0 Å². The molecule has 12 heavy (non-hydrogen) atoms. The molecule has 0 N–H and O–H groups in total. The molecule has 1 saturated heterocycles. The van der Waals surface area contributed by atoms with Gasteiger partial charge >= 0.3 is 5.97 Å². The summed E-state index contributed by atoms with van der Waals surface area (Å²) in [7, 11) is 1.45. The average molecular weight is 171 g/mol. The molecule has 1 fully saturated rings. The van der Waals surface area contributed by atoms with Crippen LogP contribution in [0.15, 0.2) is 0 Å². The van der Waals surface area contributed by atoms with Gasteiger partial charge in [0.1, 0.15) is 6.04 Å². The summed E-state index contributed by atoms with van der Waals surface area (Å²) in [6.45, 7) is 6.34. The lowest BCUT2D eigenvalue weighted by Gasteiger charge is -2.47. The molecule has 3 heteroatoms. The SMILES string of the molecule is COC(=O)[C@H]1C[C@@H](C)N1C(C)C. The Bertz CT molecular complexity index is 175. The number of likely N-dealkylation sites (tertiary alicyclic amines) is 1. The molecular weight excluding hydrogens is 154 g/mol. The maximum absolute atomic E-state index is 11.2. The zero-order valence-corrected chi connectivity index (χ0v) is 8.20. The second-order valence-electron chi connectivity index (χ2n) is 3.66. The van der Waals surface area contributed by atoms with Gasteiger partial charge in [-0.3, -0.25) is 9.69 Å². The van der Waals surface area contributed by atoms with Crippen molar-refractivity contribution in [2.75, 3.05) is 7.11 Å². The molecule has 0 aromatic heterocycles. The monoisotopic (exact) mass is 171 g/mol. The van der Waals surface area contributed by atoms with Crippen molar-refractivity contribution < 1.29 is 9.53 Å². The molecule has 0 unspecified atom stereocenters. The Kier molecular flexibility index (Phi) is 2.73. The average Bonchev–Trinajstić information content (AvgIpc) is 1.97. The first kappa shape index (κ1) is 9.52. The summed E-state index contributed by atoms with van der Waals surface area (Å²) < 4.78 is 4.70. The van der Waals surface area contributed by atoms with Gasteiger partial charge < -0.3 is 4.74 Å². The largest absolute Gasteiger partial charge is 0.468 e. The molecule has 0 radical (unpaired) electrons. The quantitative estimate of drug-likeness (QED) is 0.581. The number of hydrogen-bond donors (Lipinski definition) is 0. The topological polar surface area (TPSA) is 29.5 Å². The Labute approximate surface area is 73.7 Å². The molecule has 1 aliphatic rings. The van der Waals surface area contributed by atoms with E-state index in [1.54, 1.807) is 0 Å². The number of carbonyl (C=O) groups is 1. The smallest absolute Gasteiger partial charge is 0.323 e.